The zero-order chi connectivity index (χ0) is 29.8. The van der Waals surface area contributed by atoms with Crippen LogP contribution in [-0.4, -0.2) is 57.2 Å². The lowest BCUT2D eigenvalue weighted by atomic mass is 10.0. The van der Waals surface area contributed by atoms with Crippen molar-refractivity contribution in [1.82, 2.24) is 9.55 Å². The molecule has 42 heavy (non-hydrogen) atoms. The van der Waals surface area contributed by atoms with Gasteiger partial charge in [0.15, 0.2) is 0 Å². The molecule has 5 rings (SSSR count). The Hall–Kier alpha value is -4.61. The Labute approximate surface area is 241 Å². The van der Waals surface area contributed by atoms with E-state index in [9.17, 15) is 29.3 Å². The van der Waals surface area contributed by atoms with Gasteiger partial charge in [0.05, 0.1) is 26.0 Å². The van der Waals surface area contributed by atoms with E-state index in [1.807, 2.05) is 0 Å². The number of aromatic amines is 1. The van der Waals surface area contributed by atoms with Gasteiger partial charge in [-0.15, -0.1) is 0 Å². The second-order valence-electron chi connectivity index (χ2n) is 10.2. The Bertz CT molecular complexity index is 1590. The molecule has 0 radical (unpaired) electrons. The minimum Gasteiger partial charge on any atom is -0.497 e. The third-order valence-corrected chi connectivity index (χ3v) is 7.26. The first-order valence-electron chi connectivity index (χ1n) is 13.6. The van der Waals surface area contributed by atoms with Crippen molar-refractivity contribution in [3.63, 3.8) is 0 Å². The highest BCUT2D eigenvalue weighted by Crippen LogP contribution is 2.41. The van der Waals surface area contributed by atoms with Gasteiger partial charge in [0, 0.05) is 12.0 Å². The van der Waals surface area contributed by atoms with Gasteiger partial charge in [-0.05, 0) is 78.4 Å². The predicted octanol–water partition coefficient (Wildman–Crippen LogP) is 3.73. The number of H-pyrrole nitrogens is 1. The van der Waals surface area contributed by atoms with E-state index in [1.54, 1.807) is 54.6 Å². The number of hydrogen-bond donors (Lipinski definition) is 5. The maximum absolute atomic E-state index is 14.9. The second kappa shape index (κ2) is 12.5. The Balaban J connectivity index is 1.46. The summed E-state index contributed by atoms with van der Waals surface area (Å²) in [5.74, 6) is -0.426. The first kappa shape index (κ1) is 28.9. The second-order valence-corrected chi connectivity index (χ2v) is 10.2. The smallest absolute Gasteiger partial charge is 0.329 e. The number of hydrogen-bond acceptors (Lipinski definition) is 7. The van der Waals surface area contributed by atoms with Crippen LogP contribution in [0.15, 0.2) is 71.5 Å². The lowest BCUT2D eigenvalue weighted by Crippen LogP contribution is -2.33. The predicted molar refractivity (Wildman–Crippen MR) is 153 cm³/mol. The fourth-order valence-corrected chi connectivity index (χ4v) is 4.76. The van der Waals surface area contributed by atoms with Crippen LogP contribution in [0.2, 0.25) is 0 Å². The molecule has 220 valence electrons. The van der Waals surface area contributed by atoms with Gasteiger partial charge in [-0.3, -0.25) is 4.79 Å². The first-order valence-corrected chi connectivity index (χ1v) is 13.6. The van der Waals surface area contributed by atoms with Crippen LogP contribution in [-0.2, 0) is 11.2 Å². The molecule has 10 nitrogen and oxygen atoms in total. The van der Waals surface area contributed by atoms with Crippen LogP contribution in [0.3, 0.4) is 0 Å². The van der Waals surface area contributed by atoms with Gasteiger partial charge in [-0.2, -0.15) is 0 Å². The quantitative estimate of drug-likeness (QED) is 0.172. The molecular formula is C31H32FN3O7. The SMILES string of the molecule is COc1ccc(C[C@@H](C(=O)Nc2ccc(C3CC3)cc2F)n2c(O)c(-c3ccc(OC(CO)CO)cc3)[nH]c2=O)cc1. The van der Waals surface area contributed by atoms with E-state index >= 15 is 0 Å². The number of nitrogens with zero attached hydrogens (tertiary/aromatic N) is 1. The number of anilines is 1. The van der Waals surface area contributed by atoms with Crippen molar-refractivity contribution in [1.29, 1.82) is 0 Å². The number of aromatic nitrogens is 2. The topological polar surface area (TPSA) is 146 Å². The maximum atomic E-state index is 14.9. The number of carbonyl (C=O) groups excluding carboxylic acids is 1. The molecular weight excluding hydrogens is 545 g/mol. The molecule has 1 aliphatic carbocycles. The summed E-state index contributed by atoms with van der Waals surface area (Å²) in [7, 11) is 1.53. The first-order chi connectivity index (χ1) is 20.3. The summed E-state index contributed by atoms with van der Waals surface area (Å²) in [5, 5.41) is 32.3. The van der Waals surface area contributed by atoms with Crippen molar-refractivity contribution in [3.8, 4) is 28.6 Å². The zero-order valence-corrected chi connectivity index (χ0v) is 22.9. The molecule has 0 spiro atoms. The van der Waals surface area contributed by atoms with Gasteiger partial charge < -0.3 is 35.1 Å². The Morgan fingerprint density at radius 1 is 1.05 bits per heavy atom. The average Bonchev–Trinajstić information content (AvgIpc) is 3.81. The van der Waals surface area contributed by atoms with E-state index in [4.69, 9.17) is 9.47 Å². The molecule has 5 N–H and O–H groups in total. The number of benzene rings is 3. The van der Waals surface area contributed by atoms with Crippen molar-refractivity contribution < 1.29 is 34.0 Å². The molecule has 4 aromatic rings. The molecule has 0 unspecified atom stereocenters. The van der Waals surface area contributed by atoms with Crippen LogP contribution < -0.4 is 20.5 Å². The van der Waals surface area contributed by atoms with Crippen LogP contribution in [0, 0.1) is 5.82 Å². The number of aliphatic hydroxyl groups is 2. The third-order valence-electron chi connectivity index (χ3n) is 7.26. The van der Waals surface area contributed by atoms with E-state index in [0.29, 0.717) is 28.5 Å². The summed E-state index contributed by atoms with van der Waals surface area (Å²) in [5.41, 5.74) is 1.29. The summed E-state index contributed by atoms with van der Waals surface area (Å²) < 4.78 is 26.6. The fraction of sp³-hybridized carbons (Fsp3) is 0.290. The lowest BCUT2D eigenvalue weighted by molar-refractivity contribution is -0.119. The molecule has 1 fully saturated rings. The highest BCUT2D eigenvalue weighted by molar-refractivity contribution is 5.94. The number of halogens is 1. The standard InChI is InChI=1S/C31H32FN3O7/c1-41-22-9-2-18(3-10-22)14-27(29(38)33-26-13-8-21(15-25(26)32)19-4-5-19)35-30(39)28(34-31(35)40)20-6-11-23(12-7-20)42-24(16-36)17-37/h2-3,6-13,15,19,24,27,36-37,39H,4-5,14,16-17H2,1H3,(H,33,38)(H,34,40)/t27-/m0/s1. The Morgan fingerprint density at radius 2 is 1.71 bits per heavy atom. The molecule has 0 bridgehead atoms. The molecule has 1 heterocycles. The Kier molecular flexibility index (Phi) is 8.60. The minimum absolute atomic E-state index is 0.0127. The van der Waals surface area contributed by atoms with E-state index in [2.05, 4.69) is 10.3 Å². The van der Waals surface area contributed by atoms with Crippen molar-refractivity contribution in [2.24, 2.45) is 0 Å². The van der Waals surface area contributed by atoms with Gasteiger partial charge in [0.2, 0.25) is 11.8 Å². The van der Waals surface area contributed by atoms with E-state index in [1.165, 1.54) is 19.2 Å². The van der Waals surface area contributed by atoms with Crippen LogP contribution in [0.1, 0.15) is 35.9 Å². The number of methoxy groups -OCH3 is 1. The van der Waals surface area contributed by atoms with E-state index in [0.717, 1.165) is 23.0 Å². The number of nitrogens with one attached hydrogen (secondary N) is 2. The average molecular weight is 578 g/mol. The number of amides is 1. The van der Waals surface area contributed by atoms with Crippen molar-refractivity contribution in [2.75, 3.05) is 25.6 Å². The van der Waals surface area contributed by atoms with Crippen molar-refractivity contribution >= 4 is 11.6 Å². The summed E-state index contributed by atoms with van der Waals surface area (Å²) in [4.78, 5) is 29.4. The lowest BCUT2D eigenvalue weighted by Gasteiger charge is -2.19. The van der Waals surface area contributed by atoms with Gasteiger partial charge in [-0.1, -0.05) is 18.2 Å². The van der Waals surface area contributed by atoms with Crippen molar-refractivity contribution in [3.05, 3.63) is 94.2 Å². The Morgan fingerprint density at radius 3 is 2.31 bits per heavy atom. The third kappa shape index (κ3) is 6.32. The fourth-order valence-electron chi connectivity index (χ4n) is 4.76. The number of ether oxygens (including phenoxy) is 2. The van der Waals surface area contributed by atoms with Gasteiger partial charge in [0.25, 0.3) is 0 Å². The molecule has 1 saturated carbocycles. The molecule has 3 aromatic carbocycles. The monoisotopic (exact) mass is 577 g/mol. The molecule has 1 atom stereocenters. The minimum atomic E-state index is -1.24. The highest BCUT2D eigenvalue weighted by atomic mass is 19.1. The van der Waals surface area contributed by atoms with Crippen LogP contribution in [0.25, 0.3) is 11.3 Å². The molecule has 1 aliphatic rings. The number of rotatable bonds is 12. The van der Waals surface area contributed by atoms with Crippen LogP contribution in [0.5, 0.6) is 17.4 Å². The van der Waals surface area contributed by atoms with E-state index in [-0.39, 0.29) is 31.0 Å². The van der Waals surface area contributed by atoms with Gasteiger partial charge >= 0.3 is 5.69 Å². The number of carbonyl (C=O) groups is 1. The highest BCUT2D eigenvalue weighted by Gasteiger charge is 2.30. The van der Waals surface area contributed by atoms with Crippen LogP contribution in [0.4, 0.5) is 10.1 Å². The van der Waals surface area contributed by atoms with E-state index < -0.39 is 35.4 Å². The zero-order valence-electron chi connectivity index (χ0n) is 22.9. The molecule has 0 saturated heterocycles. The summed E-state index contributed by atoms with van der Waals surface area (Å²) in [6.07, 6.45) is 1.24. The molecule has 11 heteroatoms. The number of aromatic hydroxyl groups is 1. The van der Waals surface area contributed by atoms with Crippen molar-refractivity contribution in [2.45, 2.75) is 37.3 Å². The number of aliphatic hydroxyl groups excluding tert-OH is 2. The van der Waals surface area contributed by atoms with Gasteiger partial charge in [-0.25, -0.2) is 13.8 Å². The summed E-state index contributed by atoms with van der Waals surface area (Å²) in [6.45, 7) is -0.747. The molecule has 1 amide bonds. The maximum Gasteiger partial charge on any atom is 0.329 e. The van der Waals surface area contributed by atoms with Crippen LogP contribution >= 0.6 is 0 Å². The summed E-state index contributed by atoms with van der Waals surface area (Å²) >= 11 is 0. The normalized spacial score (nSPS) is 13.6. The largest absolute Gasteiger partial charge is 0.497 e. The molecule has 0 aliphatic heterocycles. The number of imidazole rings is 1. The summed E-state index contributed by atoms with van der Waals surface area (Å²) in [6, 6.07) is 16.6. The molecule has 1 aromatic heterocycles. The van der Waals surface area contributed by atoms with Gasteiger partial charge in [0.1, 0.15) is 35.2 Å².